The Kier molecular flexibility index (Phi) is 17.2. The van der Waals surface area contributed by atoms with Crippen molar-refractivity contribution in [1.82, 2.24) is 26.6 Å². The van der Waals surface area contributed by atoms with Crippen molar-refractivity contribution in [2.75, 3.05) is 13.1 Å². The molecular formula is C28H42F3N5O7. The van der Waals surface area contributed by atoms with Gasteiger partial charge in [0, 0.05) is 32.2 Å². The van der Waals surface area contributed by atoms with Gasteiger partial charge in [-0.3, -0.25) is 28.8 Å². The highest BCUT2D eigenvalue weighted by molar-refractivity contribution is 5.92. The molecule has 2 atom stereocenters. The van der Waals surface area contributed by atoms with Gasteiger partial charge in [-0.25, -0.2) is 0 Å². The lowest BCUT2D eigenvalue weighted by Gasteiger charge is -2.21. The van der Waals surface area contributed by atoms with Crippen LogP contribution in [0.2, 0.25) is 0 Å². The maximum atomic E-state index is 13.1. The average molecular weight is 618 g/mol. The molecule has 43 heavy (non-hydrogen) atoms. The lowest BCUT2D eigenvalue weighted by Crippen LogP contribution is -2.52. The Hall–Kier alpha value is -4.17. The maximum Gasteiger partial charge on any atom is 0.471 e. The predicted molar refractivity (Wildman–Crippen MR) is 151 cm³/mol. The molecule has 0 heterocycles. The molecule has 0 aromatic rings. The van der Waals surface area contributed by atoms with Crippen molar-refractivity contribution in [3.8, 4) is 0 Å². The first-order valence-electron chi connectivity index (χ1n) is 13.6. The Balaban J connectivity index is 5.59. The molecule has 0 saturated heterocycles. The number of esters is 1. The van der Waals surface area contributed by atoms with Crippen LogP contribution in [0, 0.1) is 5.92 Å². The molecule has 0 fully saturated rings. The van der Waals surface area contributed by atoms with E-state index in [-0.39, 0.29) is 43.2 Å². The molecule has 0 rings (SSSR count). The van der Waals surface area contributed by atoms with Crippen LogP contribution in [0.1, 0.15) is 67.2 Å². The second-order valence-electron chi connectivity index (χ2n) is 10.1. The van der Waals surface area contributed by atoms with Crippen LogP contribution in [-0.4, -0.2) is 66.9 Å². The van der Waals surface area contributed by atoms with E-state index in [0.29, 0.717) is 12.0 Å². The zero-order valence-corrected chi connectivity index (χ0v) is 25.3. The van der Waals surface area contributed by atoms with Crippen molar-refractivity contribution in [1.29, 1.82) is 0 Å². The highest BCUT2D eigenvalue weighted by Crippen LogP contribution is 2.15. The molecule has 0 spiro atoms. The number of allylic oxidation sites excluding steroid dienone is 3. The summed E-state index contributed by atoms with van der Waals surface area (Å²) in [5.41, 5.74) is 0.585. The van der Waals surface area contributed by atoms with E-state index in [9.17, 15) is 41.9 Å². The Morgan fingerprint density at radius 2 is 1.53 bits per heavy atom. The van der Waals surface area contributed by atoms with Gasteiger partial charge < -0.3 is 31.3 Å². The van der Waals surface area contributed by atoms with Crippen LogP contribution < -0.4 is 26.6 Å². The van der Waals surface area contributed by atoms with Gasteiger partial charge in [-0.15, -0.1) is 0 Å². The van der Waals surface area contributed by atoms with Crippen LogP contribution in [0.5, 0.6) is 0 Å². The molecule has 0 saturated carbocycles. The summed E-state index contributed by atoms with van der Waals surface area (Å²) in [6.07, 6.45) is -1.70. The van der Waals surface area contributed by atoms with Gasteiger partial charge in [-0.05, 0) is 51.0 Å². The van der Waals surface area contributed by atoms with Crippen molar-refractivity contribution >= 4 is 35.5 Å². The number of hydrogen-bond donors (Lipinski definition) is 5. The number of carbonyl (C=O) groups is 6. The van der Waals surface area contributed by atoms with E-state index >= 15 is 0 Å². The number of ether oxygens (including phenoxy) is 1. The van der Waals surface area contributed by atoms with Gasteiger partial charge >= 0.3 is 18.1 Å². The van der Waals surface area contributed by atoms with Crippen LogP contribution in [0.4, 0.5) is 13.2 Å². The lowest BCUT2D eigenvalue weighted by atomic mass is 10.0. The fourth-order valence-electron chi connectivity index (χ4n) is 3.49. The molecule has 0 aliphatic heterocycles. The van der Waals surface area contributed by atoms with E-state index in [1.165, 1.54) is 26.0 Å². The molecule has 2 unspecified atom stereocenters. The van der Waals surface area contributed by atoms with Crippen LogP contribution in [0.15, 0.2) is 35.8 Å². The quantitative estimate of drug-likeness (QED) is 0.0719. The first-order valence-corrected chi connectivity index (χ1v) is 13.6. The minimum Gasteiger partial charge on any atom is -0.426 e. The van der Waals surface area contributed by atoms with Crippen molar-refractivity contribution in [2.24, 2.45) is 5.92 Å². The molecule has 15 heteroatoms. The zero-order chi connectivity index (χ0) is 33.3. The molecule has 0 aromatic carbocycles. The standard InChI is InChI=1S/C28H42F3N5O7/c1-8-20(14-23(17(4)5)43-19(7)38)35-26(41)21(11-9-10-12-32-27(42)28(29,30)31)36-24(39)15-33-25(40)22(13-16(2)3)34-18(6)37/h8,14,16,21-22H,4,9-13,15H2,1-3,5-7H3,(H,32,42)(H,33,40)(H,34,37)(H,35,41)(H,36,39). The van der Waals surface area contributed by atoms with E-state index in [0.717, 1.165) is 0 Å². The lowest BCUT2D eigenvalue weighted by molar-refractivity contribution is -0.173. The van der Waals surface area contributed by atoms with E-state index in [1.807, 2.05) is 13.8 Å². The van der Waals surface area contributed by atoms with Gasteiger partial charge in [0.25, 0.3) is 0 Å². The normalized spacial score (nSPS) is 13.3. The van der Waals surface area contributed by atoms with Gasteiger partial charge in [0.1, 0.15) is 17.8 Å². The molecular weight excluding hydrogens is 575 g/mol. The molecule has 242 valence electrons. The van der Waals surface area contributed by atoms with Crippen molar-refractivity contribution in [3.63, 3.8) is 0 Å². The summed E-state index contributed by atoms with van der Waals surface area (Å²) in [7, 11) is 0. The number of nitrogens with one attached hydrogen (secondary N) is 5. The van der Waals surface area contributed by atoms with Crippen molar-refractivity contribution in [2.45, 2.75) is 85.5 Å². The molecule has 5 N–H and O–H groups in total. The van der Waals surface area contributed by atoms with Gasteiger partial charge in [-0.2, -0.15) is 13.2 Å². The maximum absolute atomic E-state index is 13.1. The first-order chi connectivity index (χ1) is 19.9. The zero-order valence-electron chi connectivity index (χ0n) is 25.3. The van der Waals surface area contributed by atoms with Crippen LogP contribution >= 0.6 is 0 Å². The smallest absolute Gasteiger partial charge is 0.426 e. The highest BCUT2D eigenvalue weighted by atomic mass is 19.4. The second kappa shape index (κ2) is 19.1. The summed E-state index contributed by atoms with van der Waals surface area (Å²) < 4.78 is 42.3. The molecule has 0 bridgehead atoms. The SMILES string of the molecule is C=C(C)C(=CC(=CC)NC(=O)C(CCCCNC(=O)C(F)(F)F)NC(=O)CNC(=O)C(CC(C)C)NC(C)=O)OC(C)=O. The largest absolute Gasteiger partial charge is 0.471 e. The van der Waals surface area contributed by atoms with Gasteiger partial charge in [0.05, 0.1) is 6.54 Å². The van der Waals surface area contributed by atoms with E-state index in [2.05, 4.69) is 27.8 Å². The number of amides is 5. The second-order valence-corrected chi connectivity index (χ2v) is 10.1. The fourth-order valence-corrected chi connectivity index (χ4v) is 3.49. The van der Waals surface area contributed by atoms with Crippen LogP contribution in [0.25, 0.3) is 0 Å². The minimum absolute atomic E-state index is 0.0345. The molecule has 5 amide bonds. The van der Waals surface area contributed by atoms with E-state index in [4.69, 9.17) is 4.74 Å². The Bertz CT molecular complexity index is 1100. The predicted octanol–water partition coefficient (Wildman–Crippen LogP) is 2.03. The molecule has 0 aromatic heterocycles. The van der Waals surface area contributed by atoms with Crippen LogP contribution in [-0.2, 0) is 33.5 Å². The Morgan fingerprint density at radius 3 is 2.02 bits per heavy atom. The van der Waals surface area contributed by atoms with Crippen molar-refractivity contribution < 1.29 is 46.7 Å². The van der Waals surface area contributed by atoms with E-state index < -0.39 is 60.3 Å². The average Bonchev–Trinajstić information content (AvgIpc) is 2.87. The summed E-state index contributed by atoms with van der Waals surface area (Å²) in [6.45, 7) is 12.2. The highest BCUT2D eigenvalue weighted by Gasteiger charge is 2.38. The summed E-state index contributed by atoms with van der Waals surface area (Å²) >= 11 is 0. The number of halogens is 3. The van der Waals surface area contributed by atoms with E-state index in [1.54, 1.807) is 19.2 Å². The van der Waals surface area contributed by atoms with Gasteiger partial charge in [0.15, 0.2) is 0 Å². The summed E-state index contributed by atoms with van der Waals surface area (Å²) in [4.78, 5) is 72.3. The number of carbonyl (C=O) groups excluding carboxylic acids is 6. The molecule has 0 aliphatic carbocycles. The van der Waals surface area contributed by atoms with Crippen LogP contribution in [0.3, 0.4) is 0 Å². The number of unbranched alkanes of at least 4 members (excludes halogenated alkanes) is 1. The molecule has 12 nitrogen and oxygen atoms in total. The fraction of sp³-hybridized carbons (Fsp3) is 0.571. The number of alkyl halides is 3. The monoisotopic (exact) mass is 617 g/mol. The minimum atomic E-state index is -5.03. The van der Waals surface area contributed by atoms with Gasteiger partial charge in [0.2, 0.25) is 23.6 Å². The molecule has 0 aliphatic rings. The first kappa shape index (κ1) is 38.8. The van der Waals surface area contributed by atoms with Gasteiger partial charge in [-0.1, -0.05) is 26.5 Å². The molecule has 0 radical (unpaired) electrons. The summed E-state index contributed by atoms with van der Waals surface area (Å²) in [5.74, 6) is -5.04. The van der Waals surface area contributed by atoms with Crippen molar-refractivity contribution in [3.05, 3.63) is 35.8 Å². The number of rotatable bonds is 17. The Labute approximate surface area is 249 Å². The topological polar surface area (TPSA) is 172 Å². The summed E-state index contributed by atoms with van der Waals surface area (Å²) in [5, 5.41) is 11.7. The number of hydrogen-bond acceptors (Lipinski definition) is 7. The third-order valence-corrected chi connectivity index (χ3v) is 5.48. The summed E-state index contributed by atoms with van der Waals surface area (Å²) in [6, 6.07) is -2.07. The third kappa shape index (κ3) is 17.4. The third-order valence-electron chi connectivity index (χ3n) is 5.48. The Morgan fingerprint density at radius 1 is 0.907 bits per heavy atom.